The first-order valence-corrected chi connectivity index (χ1v) is 9.95. The zero-order valence-corrected chi connectivity index (χ0v) is 14.2. The lowest BCUT2D eigenvalue weighted by atomic mass is 10.1. The van der Waals surface area contributed by atoms with Gasteiger partial charge in [0.1, 0.15) is 11.7 Å². The molecule has 21 heavy (non-hydrogen) atoms. The molecule has 1 aromatic heterocycles. The van der Waals surface area contributed by atoms with Crippen LogP contribution in [0, 0.1) is 6.92 Å². The van der Waals surface area contributed by atoms with Gasteiger partial charge in [-0.2, -0.15) is 11.8 Å². The van der Waals surface area contributed by atoms with Gasteiger partial charge in [-0.15, -0.1) is 11.3 Å². The molecule has 114 valence electrons. The lowest BCUT2D eigenvalue weighted by Gasteiger charge is -2.33. The summed E-state index contributed by atoms with van der Waals surface area (Å²) in [6.07, 6.45) is 7.99. The quantitative estimate of drug-likeness (QED) is 0.927. The van der Waals surface area contributed by atoms with E-state index in [0.717, 1.165) is 19.3 Å². The molecule has 1 amide bonds. The second kappa shape index (κ2) is 5.00. The zero-order chi connectivity index (χ0) is 14.6. The van der Waals surface area contributed by atoms with Crippen LogP contribution in [-0.2, 0) is 4.79 Å². The number of thioether (sulfide) groups is 1. The van der Waals surface area contributed by atoms with Crippen LogP contribution in [0.1, 0.15) is 48.0 Å². The molecule has 3 unspecified atom stereocenters. The summed E-state index contributed by atoms with van der Waals surface area (Å²) in [6.45, 7) is 2.14. The Morgan fingerprint density at radius 2 is 2.19 bits per heavy atom. The first kappa shape index (κ1) is 14.1. The minimum absolute atomic E-state index is 0.108. The minimum atomic E-state index is -0.214. The van der Waals surface area contributed by atoms with E-state index in [-0.39, 0.29) is 11.7 Å². The van der Waals surface area contributed by atoms with Gasteiger partial charge in [-0.1, -0.05) is 6.42 Å². The average Bonchev–Trinajstić information content (AvgIpc) is 2.82. The standard InChI is InChI=1S/C16H22N2OS2/c1-10-6-7-13(21-10)14-17-16(8-9-16)15(19)18(14)11-4-3-5-12(11)20-2/h6-7,11-12,14,17H,3-5,8-9H2,1-2H3. The smallest absolute Gasteiger partial charge is 0.244 e. The highest BCUT2D eigenvalue weighted by molar-refractivity contribution is 7.99. The number of amides is 1. The van der Waals surface area contributed by atoms with Gasteiger partial charge in [-0.05, 0) is 51.0 Å². The summed E-state index contributed by atoms with van der Waals surface area (Å²) in [5.41, 5.74) is -0.214. The summed E-state index contributed by atoms with van der Waals surface area (Å²) >= 11 is 3.76. The Balaban J connectivity index is 1.69. The predicted octanol–water partition coefficient (Wildman–Crippen LogP) is 3.30. The first-order chi connectivity index (χ1) is 10.1. The highest BCUT2D eigenvalue weighted by atomic mass is 32.2. The summed E-state index contributed by atoms with van der Waals surface area (Å²) in [6, 6.07) is 4.78. The third-order valence-corrected chi connectivity index (χ3v) is 7.40. The van der Waals surface area contributed by atoms with Crippen LogP contribution in [0.2, 0.25) is 0 Å². The van der Waals surface area contributed by atoms with Crippen molar-refractivity contribution in [3.05, 3.63) is 21.9 Å². The maximum Gasteiger partial charge on any atom is 0.244 e. The number of nitrogens with zero attached hydrogens (tertiary/aromatic N) is 1. The second-order valence-electron chi connectivity index (χ2n) is 6.56. The Hall–Kier alpha value is -0.520. The van der Waals surface area contributed by atoms with Crippen molar-refractivity contribution in [2.45, 2.75) is 62.0 Å². The van der Waals surface area contributed by atoms with Gasteiger partial charge >= 0.3 is 0 Å². The van der Waals surface area contributed by atoms with Gasteiger partial charge in [-0.25, -0.2) is 0 Å². The van der Waals surface area contributed by atoms with E-state index in [1.165, 1.54) is 22.6 Å². The number of carbonyl (C=O) groups is 1. The van der Waals surface area contributed by atoms with E-state index < -0.39 is 0 Å². The van der Waals surface area contributed by atoms with E-state index in [4.69, 9.17) is 0 Å². The predicted molar refractivity (Wildman–Crippen MR) is 88.7 cm³/mol. The highest BCUT2D eigenvalue weighted by Crippen LogP contribution is 2.50. The van der Waals surface area contributed by atoms with Crippen molar-refractivity contribution in [2.75, 3.05) is 6.26 Å². The SMILES string of the molecule is CSC1CCCC1N1C(=O)C2(CC2)NC1c1ccc(C)s1. The van der Waals surface area contributed by atoms with Crippen molar-refractivity contribution in [3.63, 3.8) is 0 Å². The van der Waals surface area contributed by atoms with E-state index >= 15 is 0 Å². The highest BCUT2D eigenvalue weighted by Gasteiger charge is 2.61. The maximum atomic E-state index is 13.0. The molecule has 0 bridgehead atoms. The minimum Gasteiger partial charge on any atom is -0.316 e. The second-order valence-corrected chi connectivity index (χ2v) is 8.96. The molecule has 4 rings (SSSR count). The third kappa shape index (κ3) is 2.16. The van der Waals surface area contributed by atoms with Crippen LogP contribution in [-0.4, -0.2) is 33.9 Å². The van der Waals surface area contributed by atoms with Crippen LogP contribution in [0.25, 0.3) is 0 Å². The van der Waals surface area contributed by atoms with Gasteiger partial charge < -0.3 is 4.90 Å². The average molecular weight is 322 g/mol. The van der Waals surface area contributed by atoms with Crippen molar-refractivity contribution >= 4 is 29.0 Å². The Morgan fingerprint density at radius 3 is 2.81 bits per heavy atom. The Labute approximate surface area is 134 Å². The molecule has 1 saturated heterocycles. The van der Waals surface area contributed by atoms with Gasteiger partial charge in [0, 0.05) is 21.0 Å². The number of rotatable bonds is 3. The molecule has 3 fully saturated rings. The fourth-order valence-corrected chi connectivity index (χ4v) is 5.80. The van der Waals surface area contributed by atoms with E-state index in [1.807, 2.05) is 23.1 Å². The van der Waals surface area contributed by atoms with Crippen molar-refractivity contribution in [1.29, 1.82) is 0 Å². The molecule has 5 heteroatoms. The summed E-state index contributed by atoms with van der Waals surface area (Å²) in [7, 11) is 0. The van der Waals surface area contributed by atoms with Gasteiger partial charge in [-0.3, -0.25) is 10.1 Å². The normalized spacial score (nSPS) is 34.1. The molecule has 0 radical (unpaired) electrons. The van der Waals surface area contributed by atoms with Crippen LogP contribution in [0.15, 0.2) is 12.1 Å². The lowest BCUT2D eigenvalue weighted by molar-refractivity contribution is -0.132. The van der Waals surface area contributed by atoms with Crippen molar-refractivity contribution < 1.29 is 4.79 Å². The van der Waals surface area contributed by atoms with Crippen molar-refractivity contribution in [1.82, 2.24) is 10.2 Å². The van der Waals surface area contributed by atoms with Gasteiger partial charge in [0.25, 0.3) is 0 Å². The summed E-state index contributed by atoms with van der Waals surface area (Å²) in [4.78, 5) is 17.8. The Bertz CT molecular complexity index is 566. The van der Waals surface area contributed by atoms with Gasteiger partial charge in [0.05, 0.1) is 0 Å². The molecule has 1 spiro atoms. The van der Waals surface area contributed by atoms with Crippen LogP contribution in [0.5, 0.6) is 0 Å². The van der Waals surface area contributed by atoms with E-state index in [2.05, 4.69) is 35.5 Å². The lowest BCUT2D eigenvalue weighted by Crippen LogP contribution is -2.43. The topological polar surface area (TPSA) is 32.3 Å². The number of aryl methyl sites for hydroxylation is 1. The molecule has 1 aliphatic heterocycles. The Morgan fingerprint density at radius 1 is 1.38 bits per heavy atom. The number of hydrogen-bond donors (Lipinski definition) is 1. The summed E-state index contributed by atoms with van der Waals surface area (Å²) in [5, 5.41) is 4.27. The van der Waals surface area contributed by atoms with Crippen molar-refractivity contribution in [3.8, 4) is 0 Å². The molecule has 3 aliphatic rings. The number of nitrogens with one attached hydrogen (secondary N) is 1. The molecule has 0 aromatic carbocycles. The fraction of sp³-hybridized carbons (Fsp3) is 0.688. The van der Waals surface area contributed by atoms with E-state index in [9.17, 15) is 4.79 Å². The molecule has 1 aromatic rings. The molecule has 3 nitrogen and oxygen atoms in total. The number of carbonyl (C=O) groups excluding carboxylic acids is 1. The fourth-order valence-electron chi connectivity index (χ4n) is 3.89. The largest absolute Gasteiger partial charge is 0.316 e. The van der Waals surface area contributed by atoms with Gasteiger partial charge in [0.2, 0.25) is 5.91 Å². The van der Waals surface area contributed by atoms with E-state index in [1.54, 1.807) is 0 Å². The molecular weight excluding hydrogens is 300 g/mol. The zero-order valence-electron chi connectivity index (χ0n) is 12.6. The number of thiophene rings is 1. The molecule has 2 heterocycles. The molecule has 2 aliphatic carbocycles. The summed E-state index contributed by atoms with van der Waals surface area (Å²) in [5.74, 6) is 0.365. The van der Waals surface area contributed by atoms with E-state index in [0.29, 0.717) is 17.2 Å². The van der Waals surface area contributed by atoms with Crippen molar-refractivity contribution in [2.24, 2.45) is 0 Å². The monoisotopic (exact) mass is 322 g/mol. The summed E-state index contributed by atoms with van der Waals surface area (Å²) < 4.78 is 0. The van der Waals surface area contributed by atoms with Crippen LogP contribution in [0.3, 0.4) is 0 Å². The van der Waals surface area contributed by atoms with Crippen LogP contribution >= 0.6 is 23.1 Å². The first-order valence-electron chi connectivity index (χ1n) is 7.84. The molecule has 2 saturated carbocycles. The molecule has 3 atom stereocenters. The molecular formula is C16H22N2OS2. The maximum absolute atomic E-state index is 13.0. The van der Waals surface area contributed by atoms with Gasteiger partial charge in [0.15, 0.2) is 0 Å². The Kier molecular flexibility index (Phi) is 3.36. The third-order valence-electron chi connectivity index (χ3n) is 5.19. The number of hydrogen-bond acceptors (Lipinski definition) is 4. The van der Waals surface area contributed by atoms with Crippen LogP contribution < -0.4 is 5.32 Å². The van der Waals surface area contributed by atoms with Crippen LogP contribution in [0.4, 0.5) is 0 Å². The molecule has 1 N–H and O–H groups in total.